The first kappa shape index (κ1) is 26.0. The molecule has 1 aliphatic rings. The van der Waals surface area contributed by atoms with Gasteiger partial charge in [0, 0.05) is 37.6 Å². The van der Waals surface area contributed by atoms with E-state index in [2.05, 4.69) is 30.5 Å². The first-order chi connectivity index (χ1) is 17.2. The number of alkyl halides is 1. The first-order valence-corrected chi connectivity index (χ1v) is 13.4. The molecule has 0 unspecified atom stereocenters. The standard InChI is InChI=1S/C23H26ClFN8O2S/c1-4-36(34,35)32-8-7-19(18(25)14-32)30-23-28-12-20(27-3)22(31-23)16-11-29-33(13-16)21-6-5-15(10-26-2)9-17(21)24/h5-6,9,11-13,18-19,26H,4,7-8,10,14H2,1-2H3,(H,28,30,31)/t18-,19+/m1/s1. The first-order valence-electron chi connectivity index (χ1n) is 11.4. The molecule has 3 heterocycles. The van der Waals surface area contributed by atoms with E-state index in [0.29, 0.717) is 28.5 Å². The van der Waals surface area contributed by atoms with Crippen LogP contribution in [-0.2, 0) is 16.6 Å². The second-order valence-electron chi connectivity index (χ2n) is 8.34. The van der Waals surface area contributed by atoms with Crippen LogP contribution in [0.5, 0.6) is 0 Å². The summed E-state index contributed by atoms with van der Waals surface area (Å²) in [6, 6.07) is 5.01. The average Bonchev–Trinajstić information content (AvgIpc) is 3.35. The molecule has 0 radical (unpaired) electrons. The van der Waals surface area contributed by atoms with Gasteiger partial charge in [-0.15, -0.1) is 0 Å². The maximum Gasteiger partial charge on any atom is 0.231 e. The van der Waals surface area contributed by atoms with Crippen molar-refractivity contribution in [3.05, 3.63) is 58.8 Å². The Morgan fingerprint density at radius 1 is 1.33 bits per heavy atom. The number of piperidine rings is 1. The Labute approximate surface area is 214 Å². The molecule has 0 aliphatic carbocycles. The molecule has 10 nitrogen and oxygen atoms in total. The van der Waals surface area contributed by atoms with Gasteiger partial charge in [-0.25, -0.2) is 32.3 Å². The van der Waals surface area contributed by atoms with E-state index in [0.717, 1.165) is 5.56 Å². The molecule has 0 spiro atoms. The zero-order valence-corrected chi connectivity index (χ0v) is 21.4. The SMILES string of the molecule is [C-]#[N+]c1cnc(N[C@H]2CCN(S(=O)(=O)CC)C[C@H]2F)nc1-c1cnn(-c2ccc(CNC)cc2Cl)c1. The molecule has 2 aromatic heterocycles. The van der Waals surface area contributed by atoms with Gasteiger partial charge in [-0.1, -0.05) is 17.7 Å². The van der Waals surface area contributed by atoms with Crippen LogP contribution in [0.2, 0.25) is 5.02 Å². The molecule has 1 aliphatic heterocycles. The highest BCUT2D eigenvalue weighted by Gasteiger charge is 2.34. The summed E-state index contributed by atoms with van der Waals surface area (Å²) in [5.41, 5.74) is 2.84. The Morgan fingerprint density at radius 3 is 2.81 bits per heavy atom. The summed E-state index contributed by atoms with van der Waals surface area (Å²) in [6.07, 6.45) is 3.50. The summed E-state index contributed by atoms with van der Waals surface area (Å²) in [7, 11) is -1.60. The van der Waals surface area contributed by atoms with E-state index >= 15 is 0 Å². The molecular formula is C23H26ClFN8O2S. The summed E-state index contributed by atoms with van der Waals surface area (Å²) in [6.45, 7) is 9.71. The predicted molar refractivity (Wildman–Crippen MR) is 137 cm³/mol. The van der Waals surface area contributed by atoms with Crippen LogP contribution in [-0.4, -0.2) is 70.6 Å². The minimum absolute atomic E-state index is 0.0681. The molecule has 1 aromatic carbocycles. The summed E-state index contributed by atoms with van der Waals surface area (Å²) < 4.78 is 41.8. The molecule has 2 atom stereocenters. The smallest absolute Gasteiger partial charge is 0.231 e. The van der Waals surface area contributed by atoms with Gasteiger partial charge in [0.05, 0.1) is 41.0 Å². The van der Waals surface area contributed by atoms with Gasteiger partial charge in [-0.3, -0.25) is 0 Å². The zero-order valence-electron chi connectivity index (χ0n) is 19.8. The number of rotatable bonds is 8. The van der Waals surface area contributed by atoms with Crippen molar-refractivity contribution in [1.82, 2.24) is 29.4 Å². The van der Waals surface area contributed by atoms with Gasteiger partial charge in [0.2, 0.25) is 21.7 Å². The summed E-state index contributed by atoms with van der Waals surface area (Å²) in [5, 5.41) is 11.0. The van der Waals surface area contributed by atoms with E-state index in [4.69, 9.17) is 18.2 Å². The van der Waals surface area contributed by atoms with Crippen molar-refractivity contribution in [3.63, 3.8) is 0 Å². The molecular weight excluding hydrogens is 507 g/mol. The third-order valence-electron chi connectivity index (χ3n) is 5.96. The average molecular weight is 533 g/mol. The molecule has 0 amide bonds. The highest BCUT2D eigenvalue weighted by Crippen LogP contribution is 2.31. The molecule has 0 bridgehead atoms. The van der Waals surface area contributed by atoms with Gasteiger partial charge in [0.25, 0.3) is 0 Å². The number of benzene rings is 1. The van der Waals surface area contributed by atoms with Crippen molar-refractivity contribution in [3.8, 4) is 16.9 Å². The third-order valence-corrected chi connectivity index (χ3v) is 8.11. The quantitative estimate of drug-likeness (QED) is 0.428. The lowest BCUT2D eigenvalue weighted by atomic mass is 10.1. The van der Waals surface area contributed by atoms with Crippen LogP contribution >= 0.6 is 11.6 Å². The number of sulfonamides is 1. The number of nitrogens with zero attached hydrogens (tertiary/aromatic N) is 6. The fourth-order valence-corrected chi connectivity index (χ4v) is 5.42. The zero-order chi connectivity index (χ0) is 25.9. The fourth-order valence-electron chi connectivity index (χ4n) is 4.01. The van der Waals surface area contributed by atoms with Crippen molar-refractivity contribution < 1.29 is 12.8 Å². The van der Waals surface area contributed by atoms with Crippen molar-refractivity contribution in [2.24, 2.45) is 0 Å². The van der Waals surface area contributed by atoms with Crippen LogP contribution in [0.15, 0.2) is 36.8 Å². The predicted octanol–water partition coefficient (Wildman–Crippen LogP) is 3.43. The molecule has 13 heteroatoms. The lowest BCUT2D eigenvalue weighted by Crippen LogP contribution is -2.50. The number of hydrogen-bond acceptors (Lipinski definition) is 7. The van der Waals surface area contributed by atoms with Gasteiger partial charge in [-0.05, 0) is 38.1 Å². The molecule has 36 heavy (non-hydrogen) atoms. The highest BCUT2D eigenvalue weighted by molar-refractivity contribution is 7.89. The number of aromatic nitrogens is 4. The lowest BCUT2D eigenvalue weighted by Gasteiger charge is -2.34. The summed E-state index contributed by atoms with van der Waals surface area (Å²) in [4.78, 5) is 12.1. The van der Waals surface area contributed by atoms with Crippen molar-refractivity contribution >= 4 is 33.3 Å². The third kappa shape index (κ3) is 5.49. The topological polar surface area (TPSA) is 109 Å². The Morgan fingerprint density at radius 2 is 2.14 bits per heavy atom. The Hall–Kier alpha value is -3.11. The molecule has 1 saturated heterocycles. The van der Waals surface area contributed by atoms with Gasteiger partial charge >= 0.3 is 0 Å². The van der Waals surface area contributed by atoms with Crippen LogP contribution in [0, 0.1) is 6.57 Å². The molecule has 4 rings (SSSR count). The monoisotopic (exact) mass is 532 g/mol. The molecule has 190 valence electrons. The summed E-state index contributed by atoms with van der Waals surface area (Å²) in [5.74, 6) is 0.0838. The fraction of sp³-hybridized carbons (Fsp3) is 0.391. The molecule has 2 N–H and O–H groups in total. The van der Waals surface area contributed by atoms with E-state index in [-0.39, 0.29) is 36.9 Å². The van der Waals surface area contributed by atoms with Crippen LogP contribution in [0.4, 0.5) is 16.0 Å². The second-order valence-corrected chi connectivity index (χ2v) is 11.0. The number of hydrogen-bond donors (Lipinski definition) is 2. The van der Waals surface area contributed by atoms with Crippen molar-refractivity contribution in [1.29, 1.82) is 0 Å². The maximum absolute atomic E-state index is 14.8. The van der Waals surface area contributed by atoms with Gasteiger partial charge < -0.3 is 10.6 Å². The second kappa shape index (κ2) is 10.9. The van der Waals surface area contributed by atoms with E-state index in [1.807, 2.05) is 25.2 Å². The molecule has 1 fully saturated rings. The Bertz CT molecular complexity index is 1390. The molecule has 3 aromatic rings. The van der Waals surface area contributed by atoms with E-state index < -0.39 is 22.2 Å². The maximum atomic E-state index is 14.8. The highest BCUT2D eigenvalue weighted by atomic mass is 35.5. The van der Waals surface area contributed by atoms with E-state index in [9.17, 15) is 12.8 Å². The summed E-state index contributed by atoms with van der Waals surface area (Å²) >= 11 is 6.46. The molecule has 0 saturated carbocycles. The van der Waals surface area contributed by atoms with Crippen LogP contribution in [0.1, 0.15) is 18.9 Å². The Kier molecular flexibility index (Phi) is 7.85. The van der Waals surface area contributed by atoms with E-state index in [1.165, 1.54) is 17.4 Å². The van der Waals surface area contributed by atoms with Crippen LogP contribution in [0.25, 0.3) is 21.8 Å². The van der Waals surface area contributed by atoms with Crippen molar-refractivity contribution in [2.75, 3.05) is 31.2 Å². The normalized spacial score (nSPS) is 18.6. The van der Waals surface area contributed by atoms with Gasteiger partial charge in [-0.2, -0.15) is 9.40 Å². The van der Waals surface area contributed by atoms with Crippen molar-refractivity contribution in [2.45, 2.75) is 32.1 Å². The Balaban J connectivity index is 1.55. The van der Waals surface area contributed by atoms with Crippen LogP contribution in [0.3, 0.4) is 0 Å². The number of nitrogens with one attached hydrogen (secondary N) is 2. The lowest BCUT2D eigenvalue weighted by molar-refractivity contribution is 0.186. The number of halogens is 2. The van der Waals surface area contributed by atoms with E-state index in [1.54, 1.807) is 17.1 Å². The largest absolute Gasteiger partial charge is 0.349 e. The minimum Gasteiger partial charge on any atom is -0.349 e. The van der Waals surface area contributed by atoms with Gasteiger partial charge in [0.1, 0.15) is 6.17 Å². The van der Waals surface area contributed by atoms with Crippen LogP contribution < -0.4 is 10.6 Å². The number of anilines is 1. The minimum atomic E-state index is -3.45. The van der Waals surface area contributed by atoms with Gasteiger partial charge in [0.15, 0.2) is 0 Å².